The lowest BCUT2D eigenvalue weighted by atomic mass is 10.2. The zero-order valence-corrected chi connectivity index (χ0v) is 12.2. The Bertz CT molecular complexity index is 616. The van der Waals surface area contributed by atoms with Crippen molar-refractivity contribution in [3.05, 3.63) is 29.7 Å². The SMILES string of the molecule is NC(=O)CN1CCC[C@@H]1c1csc(Nc2cnccn2)n1. The molecule has 21 heavy (non-hydrogen) atoms. The smallest absolute Gasteiger partial charge is 0.231 e. The van der Waals surface area contributed by atoms with Crippen molar-refractivity contribution in [1.82, 2.24) is 19.9 Å². The molecule has 0 saturated carbocycles. The van der Waals surface area contributed by atoms with Crippen LogP contribution in [0.4, 0.5) is 10.9 Å². The van der Waals surface area contributed by atoms with Crippen molar-refractivity contribution in [2.24, 2.45) is 5.73 Å². The van der Waals surface area contributed by atoms with Crippen LogP contribution >= 0.6 is 11.3 Å². The molecule has 3 N–H and O–H groups in total. The van der Waals surface area contributed by atoms with Gasteiger partial charge in [-0.2, -0.15) is 0 Å². The van der Waals surface area contributed by atoms with Gasteiger partial charge in [0, 0.05) is 17.8 Å². The Morgan fingerprint density at radius 1 is 1.52 bits per heavy atom. The number of hydrogen-bond acceptors (Lipinski definition) is 7. The topological polar surface area (TPSA) is 97.0 Å². The van der Waals surface area contributed by atoms with Gasteiger partial charge in [-0.25, -0.2) is 9.97 Å². The van der Waals surface area contributed by atoms with Crippen molar-refractivity contribution in [3.63, 3.8) is 0 Å². The van der Waals surface area contributed by atoms with Gasteiger partial charge in [-0.3, -0.25) is 14.7 Å². The van der Waals surface area contributed by atoms with Gasteiger partial charge in [-0.05, 0) is 19.4 Å². The van der Waals surface area contributed by atoms with Gasteiger partial charge in [0.1, 0.15) is 0 Å². The van der Waals surface area contributed by atoms with Gasteiger partial charge in [0.2, 0.25) is 5.91 Å². The maximum absolute atomic E-state index is 11.1. The maximum atomic E-state index is 11.1. The number of aromatic nitrogens is 3. The highest BCUT2D eigenvalue weighted by atomic mass is 32.1. The predicted octanol–water partition coefficient (Wildman–Crippen LogP) is 1.30. The third-order valence-electron chi connectivity index (χ3n) is 3.38. The zero-order chi connectivity index (χ0) is 14.7. The van der Waals surface area contributed by atoms with E-state index in [1.807, 2.05) is 5.38 Å². The summed E-state index contributed by atoms with van der Waals surface area (Å²) in [5.41, 5.74) is 6.27. The first-order valence-corrected chi connectivity index (χ1v) is 7.61. The Hall–Kier alpha value is -2.06. The molecular formula is C13H16N6OS. The Morgan fingerprint density at radius 2 is 2.43 bits per heavy atom. The fourth-order valence-electron chi connectivity index (χ4n) is 2.52. The molecule has 1 saturated heterocycles. The van der Waals surface area contributed by atoms with Crippen molar-refractivity contribution in [1.29, 1.82) is 0 Å². The molecule has 3 heterocycles. The Labute approximate surface area is 126 Å². The number of nitrogens with one attached hydrogen (secondary N) is 1. The van der Waals surface area contributed by atoms with Gasteiger partial charge in [0.05, 0.1) is 24.5 Å². The fourth-order valence-corrected chi connectivity index (χ4v) is 3.28. The molecule has 1 aliphatic rings. The van der Waals surface area contributed by atoms with Crippen LogP contribution in [-0.2, 0) is 4.79 Å². The first kappa shape index (κ1) is 13.9. The first-order chi connectivity index (χ1) is 10.2. The van der Waals surface area contributed by atoms with Crippen LogP contribution in [0.1, 0.15) is 24.6 Å². The summed E-state index contributed by atoms with van der Waals surface area (Å²) in [4.78, 5) is 26.0. The molecule has 1 atom stereocenters. The number of carbonyl (C=O) groups is 1. The number of likely N-dealkylation sites (tertiary alicyclic amines) is 1. The van der Waals surface area contributed by atoms with E-state index in [1.54, 1.807) is 18.6 Å². The monoisotopic (exact) mass is 304 g/mol. The molecule has 7 nitrogen and oxygen atoms in total. The van der Waals surface area contributed by atoms with Crippen LogP contribution in [0, 0.1) is 0 Å². The predicted molar refractivity (Wildman–Crippen MR) is 80.2 cm³/mol. The summed E-state index contributed by atoms with van der Waals surface area (Å²) >= 11 is 1.52. The van der Waals surface area contributed by atoms with E-state index in [0.29, 0.717) is 5.82 Å². The zero-order valence-electron chi connectivity index (χ0n) is 11.4. The van der Waals surface area contributed by atoms with Crippen molar-refractivity contribution < 1.29 is 4.79 Å². The molecule has 0 aliphatic carbocycles. The summed E-state index contributed by atoms with van der Waals surface area (Å²) in [6.07, 6.45) is 6.96. The molecule has 2 aromatic rings. The lowest BCUT2D eigenvalue weighted by molar-refractivity contribution is -0.119. The maximum Gasteiger partial charge on any atom is 0.231 e. The van der Waals surface area contributed by atoms with Gasteiger partial charge in [0.25, 0.3) is 0 Å². The first-order valence-electron chi connectivity index (χ1n) is 6.73. The van der Waals surface area contributed by atoms with E-state index in [4.69, 9.17) is 5.73 Å². The van der Waals surface area contributed by atoms with Crippen LogP contribution in [0.2, 0.25) is 0 Å². The van der Waals surface area contributed by atoms with Crippen LogP contribution < -0.4 is 11.1 Å². The van der Waals surface area contributed by atoms with Gasteiger partial charge >= 0.3 is 0 Å². The Kier molecular flexibility index (Phi) is 4.07. The van der Waals surface area contributed by atoms with E-state index in [9.17, 15) is 4.79 Å². The highest BCUT2D eigenvalue weighted by molar-refractivity contribution is 7.13. The second kappa shape index (κ2) is 6.15. The molecule has 110 valence electrons. The van der Waals surface area contributed by atoms with Crippen LogP contribution in [0.5, 0.6) is 0 Å². The van der Waals surface area contributed by atoms with Crippen LogP contribution in [-0.4, -0.2) is 38.8 Å². The minimum absolute atomic E-state index is 0.172. The lowest BCUT2D eigenvalue weighted by Crippen LogP contribution is -2.33. The number of rotatable bonds is 5. The van der Waals surface area contributed by atoms with E-state index in [1.165, 1.54) is 11.3 Å². The highest BCUT2D eigenvalue weighted by Crippen LogP contribution is 2.33. The third-order valence-corrected chi connectivity index (χ3v) is 4.16. The standard InChI is InChI=1S/C13H16N6OS/c14-11(20)7-19-5-1-2-10(19)9-8-21-13(17-9)18-12-6-15-3-4-16-12/h3-4,6,8,10H,1-2,5,7H2,(H2,14,20)(H,16,17,18)/t10-/m1/s1. The van der Waals surface area contributed by atoms with Gasteiger partial charge in [-0.15, -0.1) is 11.3 Å². The van der Waals surface area contributed by atoms with Crippen molar-refractivity contribution in [3.8, 4) is 0 Å². The molecule has 1 amide bonds. The minimum Gasteiger partial charge on any atom is -0.369 e. The van der Waals surface area contributed by atoms with E-state index in [2.05, 4.69) is 25.2 Å². The molecule has 8 heteroatoms. The summed E-state index contributed by atoms with van der Waals surface area (Å²) in [7, 11) is 0. The van der Waals surface area contributed by atoms with Gasteiger partial charge < -0.3 is 11.1 Å². The third kappa shape index (κ3) is 3.34. The molecule has 0 spiro atoms. The van der Waals surface area contributed by atoms with Crippen molar-refractivity contribution in [2.75, 3.05) is 18.4 Å². The average Bonchev–Trinajstić information content (AvgIpc) is 3.08. The molecule has 3 rings (SSSR count). The number of anilines is 2. The van der Waals surface area contributed by atoms with Crippen molar-refractivity contribution >= 4 is 28.2 Å². The molecule has 0 aromatic carbocycles. The number of hydrogen-bond donors (Lipinski definition) is 2. The largest absolute Gasteiger partial charge is 0.369 e. The molecule has 1 aliphatic heterocycles. The van der Waals surface area contributed by atoms with Crippen molar-refractivity contribution in [2.45, 2.75) is 18.9 Å². The van der Waals surface area contributed by atoms with E-state index in [-0.39, 0.29) is 18.5 Å². The second-order valence-electron chi connectivity index (χ2n) is 4.89. The van der Waals surface area contributed by atoms with Gasteiger partial charge in [0.15, 0.2) is 10.9 Å². The highest BCUT2D eigenvalue weighted by Gasteiger charge is 2.28. The summed E-state index contributed by atoms with van der Waals surface area (Å²) in [6.45, 7) is 1.17. The molecule has 2 aromatic heterocycles. The quantitative estimate of drug-likeness (QED) is 0.864. The summed E-state index contributed by atoms with van der Waals surface area (Å²) in [6, 6.07) is 0.172. The van der Waals surface area contributed by atoms with E-state index < -0.39 is 0 Å². The average molecular weight is 304 g/mol. The summed E-state index contributed by atoms with van der Waals surface area (Å²) < 4.78 is 0. The molecule has 0 unspecified atom stereocenters. The Morgan fingerprint density at radius 3 is 3.19 bits per heavy atom. The number of primary amides is 1. The lowest BCUT2D eigenvalue weighted by Gasteiger charge is -2.21. The second-order valence-corrected chi connectivity index (χ2v) is 5.75. The van der Waals surface area contributed by atoms with Gasteiger partial charge in [-0.1, -0.05) is 0 Å². The molecule has 0 bridgehead atoms. The summed E-state index contributed by atoms with van der Waals surface area (Å²) in [5, 5.41) is 5.92. The molecule has 0 radical (unpaired) electrons. The summed E-state index contributed by atoms with van der Waals surface area (Å²) in [5.74, 6) is 0.369. The number of nitrogens with two attached hydrogens (primary N) is 1. The van der Waals surface area contributed by atoms with E-state index in [0.717, 1.165) is 30.2 Å². The van der Waals surface area contributed by atoms with Crippen LogP contribution in [0.15, 0.2) is 24.0 Å². The number of nitrogens with zero attached hydrogens (tertiary/aromatic N) is 4. The number of thiazole rings is 1. The Balaban J connectivity index is 1.71. The molecule has 1 fully saturated rings. The molecular weight excluding hydrogens is 288 g/mol. The number of amides is 1. The minimum atomic E-state index is -0.296. The van der Waals surface area contributed by atoms with Crippen LogP contribution in [0.3, 0.4) is 0 Å². The fraction of sp³-hybridized carbons (Fsp3) is 0.385. The number of carbonyl (C=O) groups excluding carboxylic acids is 1. The van der Waals surface area contributed by atoms with Crippen LogP contribution in [0.25, 0.3) is 0 Å². The normalized spacial score (nSPS) is 18.8. The van der Waals surface area contributed by atoms with E-state index >= 15 is 0 Å².